The maximum atomic E-state index is 14.3. The molecule has 1 fully saturated rings. The average molecular weight is 671 g/mol. The summed E-state index contributed by atoms with van der Waals surface area (Å²) in [4.78, 5) is 52.8. The molecule has 248 valence electrons. The molecule has 1 saturated heterocycles. The Hall–Kier alpha value is -5.40. The maximum Gasteiger partial charge on any atom is 0.331 e. The smallest absolute Gasteiger partial charge is 0.331 e. The zero-order chi connectivity index (χ0) is 34.5. The molecule has 12 nitrogen and oxygen atoms in total. The summed E-state index contributed by atoms with van der Waals surface area (Å²) in [6.07, 6.45) is -0.0319. The lowest BCUT2D eigenvalue weighted by atomic mass is 9.81. The Morgan fingerprint density at radius 1 is 0.896 bits per heavy atom. The van der Waals surface area contributed by atoms with Crippen molar-refractivity contribution in [2.24, 2.45) is 0 Å². The zero-order valence-electron chi connectivity index (χ0n) is 26.2. The first-order valence-electron chi connectivity index (χ1n) is 15.0. The van der Waals surface area contributed by atoms with Crippen LogP contribution in [-0.2, 0) is 42.2 Å². The van der Waals surface area contributed by atoms with Gasteiger partial charge in [-0.2, -0.15) is 4.72 Å². The minimum atomic E-state index is -4.36. The largest absolute Gasteiger partial charge is 0.459 e. The van der Waals surface area contributed by atoms with E-state index in [2.05, 4.69) is 10.0 Å². The molecule has 0 aliphatic carbocycles. The van der Waals surface area contributed by atoms with E-state index in [1.54, 1.807) is 72.8 Å². The highest BCUT2D eigenvalue weighted by Gasteiger charge is 2.58. The van der Waals surface area contributed by atoms with Crippen molar-refractivity contribution < 1.29 is 32.5 Å². The zero-order valence-corrected chi connectivity index (χ0v) is 27.1. The number of nitro groups is 1. The molecule has 13 heteroatoms. The number of non-ortho nitro benzene ring substituents is 1. The highest BCUT2D eigenvalue weighted by molar-refractivity contribution is 7.89. The van der Waals surface area contributed by atoms with Crippen molar-refractivity contribution in [1.82, 2.24) is 14.9 Å². The molecule has 1 aliphatic heterocycles. The minimum Gasteiger partial charge on any atom is -0.459 e. The summed E-state index contributed by atoms with van der Waals surface area (Å²) in [6, 6.07) is 29.5. The summed E-state index contributed by atoms with van der Waals surface area (Å²) in [5.74, 6) is -2.01. The van der Waals surface area contributed by atoms with Gasteiger partial charge in [0.1, 0.15) is 23.7 Å². The number of sulfonamides is 1. The first kappa shape index (κ1) is 33.9. The summed E-state index contributed by atoms with van der Waals surface area (Å²) in [5.41, 5.74) is -1.57. The van der Waals surface area contributed by atoms with Crippen molar-refractivity contribution in [3.05, 3.63) is 142 Å². The molecule has 1 aliphatic rings. The Morgan fingerprint density at radius 2 is 1.44 bits per heavy atom. The topological polar surface area (TPSA) is 165 Å². The second kappa shape index (κ2) is 13.8. The van der Waals surface area contributed by atoms with E-state index in [4.69, 9.17) is 4.74 Å². The quantitative estimate of drug-likeness (QED) is 0.0930. The summed E-state index contributed by atoms with van der Waals surface area (Å²) in [7, 11) is -4.36. The van der Waals surface area contributed by atoms with Crippen molar-refractivity contribution >= 4 is 33.5 Å². The van der Waals surface area contributed by atoms with Crippen molar-refractivity contribution in [1.29, 1.82) is 0 Å². The number of carbonyl (C=O) groups is 3. The highest BCUT2D eigenvalue weighted by atomic mass is 32.2. The summed E-state index contributed by atoms with van der Waals surface area (Å²) in [6.45, 7) is 2.80. The van der Waals surface area contributed by atoms with Crippen molar-refractivity contribution in [2.75, 3.05) is 6.54 Å². The van der Waals surface area contributed by atoms with Crippen LogP contribution in [0.25, 0.3) is 0 Å². The van der Waals surface area contributed by atoms with Gasteiger partial charge >= 0.3 is 5.97 Å². The predicted octanol–water partition coefficient (Wildman–Crippen LogP) is 4.08. The number of nitro benzene ring substituents is 1. The monoisotopic (exact) mass is 670 g/mol. The van der Waals surface area contributed by atoms with E-state index in [1.807, 2.05) is 18.2 Å². The van der Waals surface area contributed by atoms with Gasteiger partial charge in [-0.25, -0.2) is 13.2 Å². The van der Waals surface area contributed by atoms with Gasteiger partial charge < -0.3 is 15.0 Å². The molecule has 0 aromatic heterocycles. The summed E-state index contributed by atoms with van der Waals surface area (Å²) >= 11 is 0. The van der Waals surface area contributed by atoms with Gasteiger partial charge in [-0.3, -0.25) is 19.7 Å². The molecule has 5 rings (SSSR count). The van der Waals surface area contributed by atoms with Crippen LogP contribution in [0.2, 0.25) is 0 Å². The molecule has 0 radical (unpaired) electrons. The lowest BCUT2D eigenvalue weighted by Crippen LogP contribution is -2.76. The van der Waals surface area contributed by atoms with Crippen LogP contribution in [0.4, 0.5) is 5.69 Å². The number of hydrogen-bond acceptors (Lipinski definition) is 8. The Bertz CT molecular complexity index is 1900. The van der Waals surface area contributed by atoms with Crippen LogP contribution < -0.4 is 10.0 Å². The van der Waals surface area contributed by atoms with Crippen LogP contribution in [0, 0.1) is 10.1 Å². The van der Waals surface area contributed by atoms with Gasteiger partial charge in [-0.05, 0) is 42.7 Å². The van der Waals surface area contributed by atoms with E-state index in [0.29, 0.717) is 11.1 Å². The molecule has 4 aromatic rings. The van der Waals surface area contributed by atoms with Crippen LogP contribution in [0.5, 0.6) is 0 Å². The fourth-order valence-corrected chi connectivity index (χ4v) is 6.86. The van der Waals surface area contributed by atoms with E-state index in [-0.39, 0.29) is 30.2 Å². The number of esters is 1. The average Bonchev–Trinajstić information content (AvgIpc) is 3.07. The number of amides is 2. The van der Waals surface area contributed by atoms with Crippen LogP contribution in [-0.4, -0.2) is 53.6 Å². The van der Waals surface area contributed by atoms with E-state index < -0.39 is 49.8 Å². The van der Waals surface area contributed by atoms with Crippen molar-refractivity contribution in [2.45, 2.75) is 48.9 Å². The third kappa shape index (κ3) is 7.42. The summed E-state index contributed by atoms with van der Waals surface area (Å²) in [5, 5.41) is 13.8. The molecule has 0 bridgehead atoms. The molecule has 2 amide bonds. The first-order valence-corrected chi connectivity index (χ1v) is 16.5. The molecule has 2 N–H and O–H groups in total. The van der Waals surface area contributed by atoms with Crippen molar-refractivity contribution in [3.63, 3.8) is 0 Å². The number of rotatable bonds is 13. The molecule has 1 heterocycles. The van der Waals surface area contributed by atoms with Crippen LogP contribution in [0.3, 0.4) is 0 Å². The molecule has 4 aromatic carbocycles. The van der Waals surface area contributed by atoms with Gasteiger partial charge in [-0.1, -0.05) is 91.0 Å². The molecular weight excluding hydrogens is 636 g/mol. The number of β-lactam (4-membered cyclic amide) rings is 1. The predicted molar refractivity (Wildman–Crippen MR) is 176 cm³/mol. The number of carbonyl (C=O) groups excluding carboxylic acids is 3. The Balaban J connectivity index is 1.42. The Morgan fingerprint density at radius 3 is 1.98 bits per heavy atom. The van der Waals surface area contributed by atoms with Crippen LogP contribution in [0.15, 0.2) is 120 Å². The molecule has 2 atom stereocenters. The fraction of sp³-hybridized carbons (Fsp3) is 0.229. The van der Waals surface area contributed by atoms with Gasteiger partial charge in [-0.15, -0.1) is 0 Å². The lowest BCUT2D eigenvalue weighted by Gasteiger charge is -2.51. The van der Waals surface area contributed by atoms with E-state index in [9.17, 15) is 32.9 Å². The van der Waals surface area contributed by atoms with E-state index in [0.717, 1.165) is 29.8 Å². The number of nitrogens with one attached hydrogen (secondary N) is 2. The Kier molecular flexibility index (Phi) is 9.73. The third-order valence-corrected chi connectivity index (χ3v) is 9.53. The minimum absolute atomic E-state index is 0.00259. The molecule has 0 spiro atoms. The Labute approximate surface area is 277 Å². The third-order valence-electron chi connectivity index (χ3n) is 7.98. The number of nitrogens with zero attached hydrogens (tertiary/aromatic N) is 2. The molecule has 0 saturated carbocycles. The van der Waals surface area contributed by atoms with E-state index in [1.165, 1.54) is 18.7 Å². The van der Waals surface area contributed by atoms with Gasteiger partial charge in [0.2, 0.25) is 21.8 Å². The van der Waals surface area contributed by atoms with Gasteiger partial charge in [0.05, 0.1) is 16.4 Å². The number of hydrogen-bond donors (Lipinski definition) is 2. The second-order valence-electron chi connectivity index (χ2n) is 12.0. The molecular formula is C35H34N4O8S. The van der Waals surface area contributed by atoms with Crippen molar-refractivity contribution in [3.8, 4) is 0 Å². The maximum absolute atomic E-state index is 14.3. The lowest BCUT2D eigenvalue weighted by molar-refractivity contribution is -0.384. The fourth-order valence-electron chi connectivity index (χ4n) is 5.51. The normalized spacial score (nSPS) is 16.8. The second-order valence-corrected chi connectivity index (χ2v) is 13.7. The van der Waals surface area contributed by atoms with Crippen LogP contribution in [0.1, 0.15) is 36.6 Å². The number of likely N-dealkylation sites (tertiary alicyclic amines) is 1. The highest BCUT2D eigenvalue weighted by Crippen LogP contribution is 2.37. The SMILES string of the molecule is CC(C)(NC(=O)[C@@H](c1ccccc1)N1C[C@@](Cc2ccccc2)(NS(=O)(=O)c2ccc([N+](=O)[O-])cc2)C1=O)C(=O)OCc1ccccc1. The standard InChI is InChI=1S/C35H34N4O8S/c1-34(2,33(42)47-23-26-14-8-4-9-15-26)36-31(40)30(27-16-10-5-11-17-27)38-24-35(32(38)41,22-25-12-6-3-7-13-25)37-48(45,46)29-20-18-28(19-21-29)39(43)44/h3-21,30,37H,22-24H2,1-2H3,(H,36,40)/t30-,35-/m1/s1. The summed E-state index contributed by atoms with van der Waals surface area (Å²) < 4.78 is 35.2. The molecule has 0 unspecified atom stereocenters. The number of benzene rings is 4. The number of ether oxygens (including phenoxy) is 1. The van der Waals surface area contributed by atoms with Gasteiger partial charge in [0, 0.05) is 18.6 Å². The molecule has 48 heavy (non-hydrogen) atoms. The first-order chi connectivity index (χ1) is 22.8. The van der Waals surface area contributed by atoms with Gasteiger partial charge in [0.15, 0.2) is 0 Å². The van der Waals surface area contributed by atoms with E-state index >= 15 is 0 Å². The van der Waals surface area contributed by atoms with Gasteiger partial charge in [0.25, 0.3) is 5.69 Å². The van der Waals surface area contributed by atoms with Crippen LogP contribution >= 0.6 is 0 Å².